The molecule has 0 bridgehead atoms. The molecule has 1 rings (SSSR count). The van der Waals surface area contributed by atoms with Crippen molar-refractivity contribution in [2.24, 2.45) is 11.8 Å². The molecule has 0 aromatic carbocycles. The Bertz CT molecular complexity index is 366. The standard InChI is InChI=1S/C15H32N2O2S/c1-13(2)8-10-20(18,19)17-9-6-5-7-15(17)12-16-11-14(3)4/h13-16H,5-12H2,1-4H3. The van der Waals surface area contributed by atoms with Gasteiger partial charge in [0.15, 0.2) is 0 Å². The summed E-state index contributed by atoms with van der Waals surface area (Å²) in [6.45, 7) is 10.9. The minimum atomic E-state index is -3.08. The minimum Gasteiger partial charge on any atom is -0.315 e. The highest BCUT2D eigenvalue weighted by atomic mass is 32.2. The Morgan fingerprint density at radius 3 is 2.45 bits per heavy atom. The number of sulfonamides is 1. The van der Waals surface area contributed by atoms with Crippen molar-refractivity contribution >= 4 is 10.0 Å². The number of nitrogens with zero attached hydrogens (tertiary/aromatic N) is 1. The Labute approximate surface area is 125 Å². The molecule has 1 saturated heterocycles. The van der Waals surface area contributed by atoms with Gasteiger partial charge in [0.25, 0.3) is 0 Å². The fourth-order valence-corrected chi connectivity index (χ4v) is 4.63. The molecular formula is C15H32N2O2S. The largest absolute Gasteiger partial charge is 0.315 e. The van der Waals surface area contributed by atoms with Crippen molar-refractivity contribution in [2.45, 2.75) is 59.4 Å². The van der Waals surface area contributed by atoms with Crippen LogP contribution in [0.4, 0.5) is 0 Å². The summed E-state index contributed by atoms with van der Waals surface area (Å²) in [6, 6.07) is 0.152. The van der Waals surface area contributed by atoms with Gasteiger partial charge < -0.3 is 5.32 Å². The summed E-state index contributed by atoms with van der Waals surface area (Å²) in [5, 5.41) is 3.42. The first-order valence-corrected chi connectivity index (χ1v) is 9.64. The minimum absolute atomic E-state index is 0.152. The Morgan fingerprint density at radius 1 is 1.15 bits per heavy atom. The summed E-state index contributed by atoms with van der Waals surface area (Å²) in [5.41, 5.74) is 0. The Morgan fingerprint density at radius 2 is 1.85 bits per heavy atom. The molecule has 1 atom stereocenters. The number of piperidine rings is 1. The van der Waals surface area contributed by atoms with Crippen LogP contribution in [0.2, 0.25) is 0 Å². The van der Waals surface area contributed by atoms with Gasteiger partial charge in [-0.05, 0) is 37.6 Å². The SMILES string of the molecule is CC(C)CCS(=O)(=O)N1CCCCC1CNCC(C)C. The van der Waals surface area contributed by atoms with Gasteiger partial charge in [0.2, 0.25) is 10.0 Å². The number of hydrogen-bond acceptors (Lipinski definition) is 3. The highest BCUT2D eigenvalue weighted by molar-refractivity contribution is 7.89. The van der Waals surface area contributed by atoms with Crippen molar-refractivity contribution in [3.8, 4) is 0 Å². The smallest absolute Gasteiger partial charge is 0.214 e. The van der Waals surface area contributed by atoms with E-state index in [9.17, 15) is 8.42 Å². The number of nitrogens with one attached hydrogen (secondary N) is 1. The molecule has 1 fully saturated rings. The van der Waals surface area contributed by atoms with E-state index in [-0.39, 0.29) is 6.04 Å². The van der Waals surface area contributed by atoms with E-state index in [4.69, 9.17) is 0 Å². The van der Waals surface area contributed by atoms with E-state index >= 15 is 0 Å². The van der Waals surface area contributed by atoms with Gasteiger partial charge in [0.05, 0.1) is 5.75 Å². The van der Waals surface area contributed by atoms with E-state index < -0.39 is 10.0 Å². The molecule has 1 unspecified atom stereocenters. The van der Waals surface area contributed by atoms with Gasteiger partial charge in [0, 0.05) is 19.1 Å². The monoisotopic (exact) mass is 304 g/mol. The molecule has 0 saturated carbocycles. The van der Waals surface area contributed by atoms with E-state index in [0.717, 1.165) is 38.8 Å². The van der Waals surface area contributed by atoms with E-state index in [2.05, 4.69) is 33.0 Å². The Kier molecular flexibility index (Phi) is 7.48. The second kappa shape index (κ2) is 8.35. The van der Waals surface area contributed by atoms with Crippen LogP contribution in [0.1, 0.15) is 53.4 Å². The normalized spacial score (nSPS) is 21.8. The average Bonchev–Trinajstić information content (AvgIpc) is 2.36. The van der Waals surface area contributed by atoms with Crippen LogP contribution in [0.5, 0.6) is 0 Å². The molecule has 1 N–H and O–H groups in total. The van der Waals surface area contributed by atoms with Crippen LogP contribution in [0.25, 0.3) is 0 Å². The molecule has 0 aromatic rings. The van der Waals surface area contributed by atoms with Crippen molar-refractivity contribution in [2.75, 3.05) is 25.4 Å². The maximum atomic E-state index is 12.5. The molecule has 0 aliphatic carbocycles. The molecule has 4 nitrogen and oxygen atoms in total. The van der Waals surface area contributed by atoms with Gasteiger partial charge in [-0.1, -0.05) is 34.1 Å². The van der Waals surface area contributed by atoms with Crippen molar-refractivity contribution < 1.29 is 8.42 Å². The molecule has 0 amide bonds. The third-order valence-electron chi connectivity index (χ3n) is 3.82. The van der Waals surface area contributed by atoms with Crippen LogP contribution in [0, 0.1) is 11.8 Å². The molecule has 20 heavy (non-hydrogen) atoms. The van der Waals surface area contributed by atoms with Crippen LogP contribution >= 0.6 is 0 Å². The van der Waals surface area contributed by atoms with Gasteiger partial charge >= 0.3 is 0 Å². The van der Waals surface area contributed by atoms with Gasteiger partial charge in [0.1, 0.15) is 0 Å². The summed E-state index contributed by atoms with van der Waals surface area (Å²) < 4.78 is 26.8. The predicted molar refractivity (Wildman–Crippen MR) is 85.3 cm³/mol. The van der Waals surface area contributed by atoms with Gasteiger partial charge in [-0.3, -0.25) is 0 Å². The van der Waals surface area contributed by atoms with E-state index in [1.165, 1.54) is 0 Å². The van der Waals surface area contributed by atoms with Crippen LogP contribution < -0.4 is 5.32 Å². The lowest BCUT2D eigenvalue weighted by Crippen LogP contribution is -2.49. The predicted octanol–water partition coefficient (Wildman–Crippen LogP) is 2.46. The molecule has 1 aliphatic heterocycles. The summed E-state index contributed by atoms with van der Waals surface area (Å²) in [7, 11) is -3.08. The fraction of sp³-hybridized carbons (Fsp3) is 1.00. The first-order valence-electron chi connectivity index (χ1n) is 8.03. The van der Waals surface area contributed by atoms with Crippen molar-refractivity contribution in [1.29, 1.82) is 0 Å². The highest BCUT2D eigenvalue weighted by Gasteiger charge is 2.31. The van der Waals surface area contributed by atoms with Crippen molar-refractivity contribution in [3.05, 3.63) is 0 Å². The van der Waals surface area contributed by atoms with E-state index in [0.29, 0.717) is 24.1 Å². The maximum absolute atomic E-state index is 12.5. The number of hydrogen-bond donors (Lipinski definition) is 1. The molecule has 1 aliphatic rings. The first kappa shape index (κ1) is 17.9. The highest BCUT2D eigenvalue weighted by Crippen LogP contribution is 2.21. The van der Waals surface area contributed by atoms with Crippen LogP contribution in [-0.2, 0) is 10.0 Å². The van der Waals surface area contributed by atoms with E-state index in [1.807, 2.05) is 0 Å². The van der Waals surface area contributed by atoms with E-state index in [1.54, 1.807) is 4.31 Å². The molecule has 0 aromatic heterocycles. The van der Waals surface area contributed by atoms with Gasteiger partial charge in [-0.25, -0.2) is 8.42 Å². The molecule has 0 radical (unpaired) electrons. The third-order valence-corrected chi connectivity index (χ3v) is 5.76. The molecular weight excluding hydrogens is 272 g/mol. The maximum Gasteiger partial charge on any atom is 0.214 e. The summed E-state index contributed by atoms with van der Waals surface area (Å²) in [4.78, 5) is 0. The van der Waals surface area contributed by atoms with Gasteiger partial charge in [-0.2, -0.15) is 4.31 Å². The lowest BCUT2D eigenvalue weighted by Gasteiger charge is -2.35. The Hall–Kier alpha value is -0.130. The van der Waals surface area contributed by atoms with Gasteiger partial charge in [-0.15, -0.1) is 0 Å². The zero-order valence-corrected chi connectivity index (χ0v) is 14.4. The Balaban J connectivity index is 2.58. The average molecular weight is 305 g/mol. The fourth-order valence-electron chi connectivity index (χ4n) is 2.58. The second-order valence-corrected chi connectivity index (χ2v) is 8.85. The number of rotatable bonds is 8. The third kappa shape index (κ3) is 6.10. The van der Waals surface area contributed by atoms with Crippen LogP contribution in [0.3, 0.4) is 0 Å². The lowest BCUT2D eigenvalue weighted by molar-refractivity contribution is 0.243. The van der Waals surface area contributed by atoms with Crippen molar-refractivity contribution in [1.82, 2.24) is 9.62 Å². The molecule has 1 heterocycles. The van der Waals surface area contributed by atoms with Crippen LogP contribution in [0.15, 0.2) is 0 Å². The van der Waals surface area contributed by atoms with Crippen LogP contribution in [-0.4, -0.2) is 44.2 Å². The zero-order chi connectivity index (χ0) is 15.2. The summed E-state index contributed by atoms with van der Waals surface area (Å²) in [6.07, 6.45) is 3.89. The quantitative estimate of drug-likeness (QED) is 0.749. The molecule has 5 heteroatoms. The molecule has 120 valence electrons. The zero-order valence-electron chi connectivity index (χ0n) is 13.6. The second-order valence-electron chi connectivity index (χ2n) is 6.81. The molecule has 0 spiro atoms. The first-order chi connectivity index (χ1) is 9.33. The topological polar surface area (TPSA) is 49.4 Å². The van der Waals surface area contributed by atoms with Crippen molar-refractivity contribution in [3.63, 3.8) is 0 Å². The summed E-state index contributed by atoms with van der Waals surface area (Å²) in [5.74, 6) is 1.34. The summed E-state index contributed by atoms with van der Waals surface area (Å²) >= 11 is 0. The lowest BCUT2D eigenvalue weighted by atomic mass is 10.0.